The lowest BCUT2D eigenvalue weighted by molar-refractivity contribution is 0.103. The number of phenolic OH excluding ortho intramolecular Hbond substituents is 1. The van der Waals surface area contributed by atoms with Crippen molar-refractivity contribution in [1.82, 2.24) is 4.98 Å². The summed E-state index contributed by atoms with van der Waals surface area (Å²) in [7, 11) is 0. The second kappa shape index (κ2) is 7.76. The van der Waals surface area contributed by atoms with Gasteiger partial charge in [-0.1, -0.05) is 41.5 Å². The monoisotopic (exact) mass is 425 g/mol. The fourth-order valence-corrected chi connectivity index (χ4v) is 4.05. The van der Waals surface area contributed by atoms with Gasteiger partial charge in [0.1, 0.15) is 5.75 Å². The first-order valence-corrected chi connectivity index (χ1v) is 10.6. The van der Waals surface area contributed by atoms with E-state index in [1.54, 1.807) is 18.2 Å². The normalized spacial score (nSPS) is 13.8. The van der Waals surface area contributed by atoms with Gasteiger partial charge in [-0.15, -0.1) is 11.3 Å². The Bertz CT molecular complexity index is 1210. The zero-order valence-electron chi connectivity index (χ0n) is 18.1. The van der Waals surface area contributed by atoms with Crippen LogP contribution in [0.1, 0.15) is 68.8 Å². The summed E-state index contributed by atoms with van der Waals surface area (Å²) < 4.78 is 6.04. The van der Waals surface area contributed by atoms with Crippen molar-refractivity contribution in [1.29, 1.82) is 0 Å². The minimum atomic E-state index is -0.307. The molecule has 0 fully saturated rings. The summed E-state index contributed by atoms with van der Waals surface area (Å²) in [5.74, 6) is 0.210. The van der Waals surface area contributed by atoms with E-state index in [0.717, 1.165) is 16.7 Å². The Morgan fingerprint density at radius 3 is 2.20 bits per heavy atom. The molecule has 3 aromatic rings. The summed E-state index contributed by atoms with van der Waals surface area (Å²) in [5.41, 5.74) is 1.71. The minimum absolute atomic E-state index is 0.220. The number of Topliss-reactive ketones (excluding diaryl/α,β-unsaturated/α-hetero) is 1. The molecular formula is C24H27NO4S. The van der Waals surface area contributed by atoms with E-state index in [-0.39, 0.29) is 27.9 Å². The number of aromatic nitrogens is 1. The van der Waals surface area contributed by atoms with Crippen molar-refractivity contribution in [3.8, 4) is 5.75 Å². The predicted molar refractivity (Wildman–Crippen MR) is 121 cm³/mol. The molecule has 0 aliphatic carbocycles. The van der Waals surface area contributed by atoms with Gasteiger partial charge in [0.15, 0.2) is 5.76 Å². The number of nitrogens with one attached hydrogen (secondary N) is 1. The predicted octanol–water partition coefficient (Wildman–Crippen LogP) is 3.82. The summed E-state index contributed by atoms with van der Waals surface area (Å²) in [6.45, 7) is 12.3. The Kier molecular flexibility index (Phi) is 5.65. The standard InChI is InChI=1S/C24H27NO4S/c1-23(2,3)15-10-14(11-16(21(15)27)24(4,5)6)12-19-22(28)25-20(30-19)13-17(26)18-8-7-9-29-18/h7-13,27H,1-6H3,(H,25,28)/b19-12-,20-13-. The summed E-state index contributed by atoms with van der Waals surface area (Å²) >= 11 is 1.21. The highest BCUT2D eigenvalue weighted by molar-refractivity contribution is 7.07. The fraction of sp³-hybridized carbons (Fsp3) is 0.333. The van der Waals surface area contributed by atoms with E-state index in [9.17, 15) is 14.7 Å². The second-order valence-electron chi connectivity index (χ2n) is 9.38. The first kappa shape index (κ1) is 21.8. The second-order valence-corrected chi connectivity index (χ2v) is 10.5. The van der Waals surface area contributed by atoms with Crippen LogP contribution in [0, 0.1) is 0 Å². The summed E-state index contributed by atoms with van der Waals surface area (Å²) in [5, 5.41) is 10.9. The van der Waals surface area contributed by atoms with Crippen LogP contribution in [0.4, 0.5) is 0 Å². The number of rotatable bonds is 3. The maximum atomic E-state index is 12.5. The van der Waals surface area contributed by atoms with Crippen molar-refractivity contribution >= 4 is 29.3 Å². The number of thiazole rings is 1. The van der Waals surface area contributed by atoms with E-state index in [1.165, 1.54) is 23.7 Å². The summed E-state index contributed by atoms with van der Waals surface area (Å²) in [6.07, 6.45) is 4.59. The van der Waals surface area contributed by atoms with Gasteiger partial charge in [0.2, 0.25) is 5.78 Å². The molecule has 0 amide bonds. The molecule has 30 heavy (non-hydrogen) atoms. The molecule has 0 saturated carbocycles. The average molecular weight is 426 g/mol. The van der Waals surface area contributed by atoms with Gasteiger partial charge in [-0.25, -0.2) is 0 Å². The Morgan fingerprint density at radius 1 is 1.10 bits per heavy atom. The largest absolute Gasteiger partial charge is 0.507 e. The molecule has 0 radical (unpaired) electrons. The number of hydrogen-bond acceptors (Lipinski definition) is 5. The van der Waals surface area contributed by atoms with E-state index in [4.69, 9.17) is 4.42 Å². The number of benzene rings is 1. The van der Waals surface area contributed by atoms with Crippen LogP contribution in [-0.2, 0) is 10.8 Å². The van der Waals surface area contributed by atoms with Gasteiger partial charge in [0, 0.05) is 17.2 Å². The zero-order chi connectivity index (χ0) is 22.3. The molecule has 0 aliphatic rings. The van der Waals surface area contributed by atoms with Crippen LogP contribution in [0.5, 0.6) is 5.75 Å². The maximum absolute atomic E-state index is 12.5. The molecule has 158 valence electrons. The smallest absolute Gasteiger partial charge is 0.266 e. The molecule has 5 nitrogen and oxygen atoms in total. The molecule has 1 aromatic carbocycles. The number of hydrogen-bond donors (Lipinski definition) is 2. The van der Waals surface area contributed by atoms with Gasteiger partial charge in [-0.05, 0) is 46.7 Å². The lowest BCUT2D eigenvalue weighted by Crippen LogP contribution is -2.21. The van der Waals surface area contributed by atoms with Crippen molar-refractivity contribution in [2.24, 2.45) is 0 Å². The molecule has 0 spiro atoms. The molecule has 6 heteroatoms. The number of aromatic hydroxyl groups is 1. The highest BCUT2D eigenvalue weighted by Gasteiger charge is 2.26. The molecule has 0 bridgehead atoms. The molecule has 2 heterocycles. The Morgan fingerprint density at radius 2 is 1.70 bits per heavy atom. The van der Waals surface area contributed by atoms with Crippen LogP contribution in [0.2, 0.25) is 0 Å². The minimum Gasteiger partial charge on any atom is -0.507 e. The van der Waals surface area contributed by atoms with E-state index >= 15 is 0 Å². The van der Waals surface area contributed by atoms with Gasteiger partial charge < -0.3 is 14.5 Å². The van der Waals surface area contributed by atoms with Crippen LogP contribution in [0.25, 0.3) is 12.2 Å². The topological polar surface area (TPSA) is 83.3 Å². The van der Waals surface area contributed by atoms with Crippen LogP contribution < -0.4 is 14.8 Å². The van der Waals surface area contributed by atoms with E-state index in [0.29, 0.717) is 14.9 Å². The molecule has 0 unspecified atom stereocenters. The third-order valence-electron chi connectivity index (χ3n) is 4.75. The van der Waals surface area contributed by atoms with Gasteiger partial charge in [0.05, 0.1) is 15.5 Å². The van der Waals surface area contributed by atoms with Crippen molar-refractivity contribution in [2.75, 3.05) is 0 Å². The van der Waals surface area contributed by atoms with Crippen molar-refractivity contribution in [3.05, 3.63) is 72.5 Å². The first-order chi connectivity index (χ1) is 13.9. The zero-order valence-corrected chi connectivity index (χ0v) is 18.9. The van der Waals surface area contributed by atoms with Gasteiger partial charge in [-0.2, -0.15) is 0 Å². The van der Waals surface area contributed by atoms with Crippen molar-refractivity contribution in [2.45, 2.75) is 52.4 Å². The number of ketones is 1. The van der Waals surface area contributed by atoms with Crippen LogP contribution in [-0.4, -0.2) is 15.9 Å². The SMILES string of the molecule is CC(C)(C)c1cc(/C=c2\s/c(=C\C(=O)c3ccco3)[nH]c2=O)cc(C(C)(C)C)c1O. The number of H-pyrrole nitrogens is 1. The van der Waals surface area contributed by atoms with Crippen molar-refractivity contribution in [3.63, 3.8) is 0 Å². The molecule has 2 N–H and O–H groups in total. The van der Waals surface area contributed by atoms with E-state index in [2.05, 4.69) is 4.98 Å². The van der Waals surface area contributed by atoms with Crippen LogP contribution >= 0.6 is 11.3 Å². The van der Waals surface area contributed by atoms with Gasteiger partial charge >= 0.3 is 0 Å². The number of furan rings is 1. The number of carbonyl (C=O) groups is 1. The average Bonchev–Trinajstić information content (AvgIpc) is 3.25. The third-order valence-corrected chi connectivity index (χ3v) is 5.72. The summed E-state index contributed by atoms with van der Waals surface area (Å²) in [4.78, 5) is 27.4. The molecule has 0 aliphatic heterocycles. The first-order valence-electron chi connectivity index (χ1n) is 9.74. The molecule has 0 saturated heterocycles. The van der Waals surface area contributed by atoms with Gasteiger partial charge in [-0.3, -0.25) is 9.59 Å². The summed E-state index contributed by atoms with van der Waals surface area (Å²) in [6, 6.07) is 7.06. The highest BCUT2D eigenvalue weighted by atomic mass is 32.1. The lowest BCUT2D eigenvalue weighted by Gasteiger charge is -2.27. The van der Waals surface area contributed by atoms with E-state index in [1.807, 2.05) is 53.7 Å². The third kappa shape index (κ3) is 4.65. The van der Waals surface area contributed by atoms with Crippen molar-refractivity contribution < 1.29 is 14.3 Å². The molecule has 2 aromatic heterocycles. The molecule has 3 rings (SSSR count). The van der Waals surface area contributed by atoms with Crippen LogP contribution in [0.3, 0.4) is 0 Å². The number of phenols is 1. The van der Waals surface area contributed by atoms with Crippen LogP contribution in [0.15, 0.2) is 39.7 Å². The molecular weight excluding hydrogens is 398 g/mol. The van der Waals surface area contributed by atoms with E-state index < -0.39 is 0 Å². The number of carbonyl (C=O) groups excluding carboxylic acids is 1. The number of aromatic amines is 1. The highest BCUT2D eigenvalue weighted by Crippen LogP contribution is 2.39. The fourth-order valence-electron chi connectivity index (χ4n) is 3.17. The maximum Gasteiger partial charge on any atom is 0.266 e. The Hall–Kier alpha value is -2.86. The quantitative estimate of drug-likeness (QED) is 0.625. The Balaban J connectivity index is 2.15. The lowest BCUT2D eigenvalue weighted by atomic mass is 9.78. The van der Waals surface area contributed by atoms with Gasteiger partial charge in [0.25, 0.3) is 5.56 Å². The Labute approximate surface area is 179 Å². The molecule has 0 atom stereocenters.